The summed E-state index contributed by atoms with van der Waals surface area (Å²) in [6.45, 7) is 5.57. The Morgan fingerprint density at radius 1 is 1.28 bits per heavy atom. The molecule has 0 aliphatic heterocycles. The second kappa shape index (κ2) is 6.19. The van der Waals surface area contributed by atoms with Crippen molar-refractivity contribution < 1.29 is 0 Å². The van der Waals surface area contributed by atoms with E-state index in [1.54, 1.807) is 0 Å². The molecule has 0 amide bonds. The van der Waals surface area contributed by atoms with Gasteiger partial charge in [0.25, 0.3) is 0 Å². The zero-order valence-electron chi connectivity index (χ0n) is 11.3. The minimum absolute atomic E-state index is 0.732. The number of hydrogen-bond acceptors (Lipinski definition) is 1. The normalized spacial score (nSPS) is 13.0. The Bertz CT molecular complexity index is 553. The summed E-state index contributed by atoms with van der Waals surface area (Å²) in [4.78, 5) is 3.29. The zero-order valence-corrected chi connectivity index (χ0v) is 12.1. The van der Waals surface area contributed by atoms with Gasteiger partial charge >= 0.3 is 0 Å². The molecule has 1 aromatic heterocycles. The number of nitrogens with zero attached hydrogens (tertiary/aromatic N) is 1. The largest absolute Gasteiger partial charge is 0.331 e. The predicted octanol–water partition coefficient (Wildman–Crippen LogP) is 4.92. The third kappa shape index (κ3) is 2.83. The molecular formula is C15H22N2S. The minimum atomic E-state index is 0.732. The Labute approximate surface area is 114 Å². The lowest BCUT2D eigenvalue weighted by Crippen LogP contribution is -2.10. The SMILES string of the molecule is CCCCC(CC)Cn1c(=S)[nH]c2ccccc21. The molecule has 0 aliphatic rings. The van der Waals surface area contributed by atoms with E-state index < -0.39 is 0 Å². The Morgan fingerprint density at radius 2 is 2.06 bits per heavy atom. The van der Waals surface area contributed by atoms with Crippen LogP contribution in [0.5, 0.6) is 0 Å². The van der Waals surface area contributed by atoms with Crippen LogP contribution in [0, 0.1) is 10.7 Å². The van der Waals surface area contributed by atoms with Crippen LogP contribution in [0.3, 0.4) is 0 Å². The molecule has 2 rings (SSSR count). The lowest BCUT2D eigenvalue weighted by atomic mass is 9.99. The molecular weight excluding hydrogens is 240 g/mol. The highest BCUT2D eigenvalue weighted by atomic mass is 32.1. The van der Waals surface area contributed by atoms with Crippen molar-refractivity contribution in [3.05, 3.63) is 29.0 Å². The summed E-state index contributed by atoms with van der Waals surface area (Å²) in [5, 5.41) is 0. The molecule has 3 heteroatoms. The van der Waals surface area contributed by atoms with Crippen LogP contribution in [-0.4, -0.2) is 9.55 Å². The standard InChI is InChI=1S/C15H22N2S/c1-3-5-8-12(4-2)11-17-14-10-7-6-9-13(14)16-15(17)18/h6-7,9-10,12H,3-5,8,11H2,1-2H3,(H,16,18). The molecule has 0 bridgehead atoms. The van der Waals surface area contributed by atoms with E-state index in [-0.39, 0.29) is 0 Å². The number of hydrogen-bond donors (Lipinski definition) is 1. The first-order valence-electron chi connectivity index (χ1n) is 6.93. The summed E-state index contributed by atoms with van der Waals surface area (Å²) < 4.78 is 3.11. The van der Waals surface area contributed by atoms with E-state index in [1.807, 2.05) is 6.07 Å². The van der Waals surface area contributed by atoms with Crippen LogP contribution in [0.25, 0.3) is 11.0 Å². The highest BCUT2D eigenvalue weighted by Crippen LogP contribution is 2.20. The quantitative estimate of drug-likeness (QED) is 0.733. The van der Waals surface area contributed by atoms with Crippen LogP contribution in [0.2, 0.25) is 0 Å². The highest BCUT2D eigenvalue weighted by molar-refractivity contribution is 7.71. The third-order valence-electron chi connectivity index (χ3n) is 3.67. The summed E-state index contributed by atoms with van der Waals surface area (Å²) in [6, 6.07) is 8.36. The number of fused-ring (bicyclic) bond motifs is 1. The van der Waals surface area contributed by atoms with Gasteiger partial charge in [-0.3, -0.25) is 0 Å². The molecule has 1 N–H and O–H groups in total. The van der Waals surface area contributed by atoms with Crippen molar-refractivity contribution in [2.45, 2.75) is 46.1 Å². The number of rotatable bonds is 6. The van der Waals surface area contributed by atoms with Gasteiger partial charge in [-0.25, -0.2) is 0 Å². The molecule has 0 saturated heterocycles. The molecule has 98 valence electrons. The van der Waals surface area contributed by atoms with Crippen molar-refractivity contribution in [3.8, 4) is 0 Å². The summed E-state index contributed by atoms with van der Waals surface area (Å²) >= 11 is 5.44. The average Bonchev–Trinajstić information content (AvgIpc) is 2.70. The van der Waals surface area contributed by atoms with Crippen molar-refractivity contribution in [2.24, 2.45) is 5.92 Å². The fraction of sp³-hybridized carbons (Fsp3) is 0.533. The van der Waals surface area contributed by atoms with Crippen LogP contribution in [0.4, 0.5) is 0 Å². The lowest BCUT2D eigenvalue weighted by Gasteiger charge is -2.15. The molecule has 1 atom stereocenters. The molecule has 0 saturated carbocycles. The maximum absolute atomic E-state index is 5.44. The van der Waals surface area contributed by atoms with Gasteiger partial charge in [0.1, 0.15) is 0 Å². The number of aromatic amines is 1. The van der Waals surface area contributed by atoms with E-state index in [4.69, 9.17) is 12.2 Å². The number of unbranched alkanes of at least 4 members (excludes halogenated alkanes) is 1. The fourth-order valence-electron chi connectivity index (χ4n) is 2.46. The summed E-state index contributed by atoms with van der Waals surface area (Å²) in [7, 11) is 0. The van der Waals surface area contributed by atoms with Crippen molar-refractivity contribution in [3.63, 3.8) is 0 Å². The van der Waals surface area contributed by atoms with Gasteiger partial charge in [0.15, 0.2) is 4.77 Å². The Morgan fingerprint density at radius 3 is 2.78 bits per heavy atom. The maximum atomic E-state index is 5.44. The van der Waals surface area contributed by atoms with Gasteiger partial charge in [-0.15, -0.1) is 0 Å². The highest BCUT2D eigenvalue weighted by Gasteiger charge is 2.10. The number of imidazole rings is 1. The first kappa shape index (κ1) is 13.3. The molecule has 0 aliphatic carbocycles. The van der Waals surface area contributed by atoms with E-state index in [0.29, 0.717) is 0 Å². The number of benzene rings is 1. The summed E-state index contributed by atoms with van der Waals surface area (Å²) in [5.74, 6) is 0.732. The molecule has 0 fully saturated rings. The molecule has 1 aromatic carbocycles. The van der Waals surface area contributed by atoms with Crippen LogP contribution < -0.4 is 0 Å². The van der Waals surface area contributed by atoms with Crippen LogP contribution >= 0.6 is 12.2 Å². The summed E-state index contributed by atoms with van der Waals surface area (Å²) in [6.07, 6.45) is 5.11. The first-order chi connectivity index (χ1) is 8.76. The zero-order chi connectivity index (χ0) is 13.0. The van der Waals surface area contributed by atoms with Crippen molar-refractivity contribution in [2.75, 3.05) is 0 Å². The van der Waals surface area contributed by atoms with E-state index in [2.05, 4.69) is 41.6 Å². The topological polar surface area (TPSA) is 20.7 Å². The predicted molar refractivity (Wildman–Crippen MR) is 80.4 cm³/mol. The average molecular weight is 262 g/mol. The van der Waals surface area contributed by atoms with Gasteiger partial charge in [-0.1, -0.05) is 45.2 Å². The van der Waals surface area contributed by atoms with E-state index in [9.17, 15) is 0 Å². The monoisotopic (exact) mass is 262 g/mol. The number of H-pyrrole nitrogens is 1. The molecule has 2 aromatic rings. The van der Waals surface area contributed by atoms with E-state index in [0.717, 1.165) is 22.8 Å². The minimum Gasteiger partial charge on any atom is -0.331 e. The van der Waals surface area contributed by atoms with Gasteiger partial charge in [-0.05, 0) is 36.7 Å². The van der Waals surface area contributed by atoms with Gasteiger partial charge in [0.2, 0.25) is 0 Å². The molecule has 0 radical (unpaired) electrons. The second-order valence-electron chi connectivity index (χ2n) is 4.97. The van der Waals surface area contributed by atoms with Crippen LogP contribution in [0.15, 0.2) is 24.3 Å². The Balaban J connectivity index is 2.24. The van der Waals surface area contributed by atoms with Crippen LogP contribution in [0.1, 0.15) is 39.5 Å². The lowest BCUT2D eigenvalue weighted by molar-refractivity contribution is 0.393. The van der Waals surface area contributed by atoms with Gasteiger partial charge in [0.05, 0.1) is 11.0 Å². The van der Waals surface area contributed by atoms with Gasteiger partial charge in [-0.2, -0.15) is 0 Å². The smallest absolute Gasteiger partial charge is 0.178 e. The molecule has 1 heterocycles. The van der Waals surface area contributed by atoms with Crippen molar-refractivity contribution in [1.29, 1.82) is 0 Å². The molecule has 18 heavy (non-hydrogen) atoms. The van der Waals surface area contributed by atoms with E-state index >= 15 is 0 Å². The molecule has 1 unspecified atom stereocenters. The Kier molecular flexibility index (Phi) is 4.59. The van der Waals surface area contributed by atoms with Gasteiger partial charge < -0.3 is 9.55 Å². The fourth-order valence-corrected chi connectivity index (χ4v) is 2.75. The van der Waals surface area contributed by atoms with Crippen LogP contribution in [-0.2, 0) is 6.54 Å². The molecule has 0 spiro atoms. The first-order valence-corrected chi connectivity index (χ1v) is 7.34. The van der Waals surface area contributed by atoms with Gasteiger partial charge in [0, 0.05) is 6.54 Å². The Hall–Kier alpha value is -1.09. The molecule has 2 nitrogen and oxygen atoms in total. The van der Waals surface area contributed by atoms with Crippen molar-refractivity contribution in [1.82, 2.24) is 9.55 Å². The third-order valence-corrected chi connectivity index (χ3v) is 3.99. The number of aromatic nitrogens is 2. The second-order valence-corrected chi connectivity index (χ2v) is 5.36. The summed E-state index contributed by atoms with van der Waals surface area (Å²) in [5.41, 5.74) is 2.38. The number of para-hydroxylation sites is 2. The number of nitrogens with one attached hydrogen (secondary N) is 1. The van der Waals surface area contributed by atoms with Crippen molar-refractivity contribution >= 4 is 23.3 Å². The van der Waals surface area contributed by atoms with E-state index in [1.165, 1.54) is 31.2 Å². The maximum Gasteiger partial charge on any atom is 0.178 e.